The third-order valence-electron chi connectivity index (χ3n) is 10.1. The van der Waals surface area contributed by atoms with Crippen molar-refractivity contribution in [1.29, 1.82) is 4.35 Å². The summed E-state index contributed by atoms with van der Waals surface area (Å²) >= 11 is 1.67. The van der Waals surface area contributed by atoms with Gasteiger partial charge in [0.05, 0.1) is 13.2 Å². The number of amides is 2. The average Bonchev–Trinajstić information content (AvgIpc) is 3.28. The van der Waals surface area contributed by atoms with Crippen molar-refractivity contribution in [3.05, 3.63) is 156 Å². The van der Waals surface area contributed by atoms with Gasteiger partial charge in [-0.25, -0.2) is 0 Å². The van der Waals surface area contributed by atoms with Crippen molar-refractivity contribution < 1.29 is 14.3 Å². The van der Waals surface area contributed by atoms with E-state index in [2.05, 4.69) is 86.0 Å². The molecule has 1 saturated heterocycles. The van der Waals surface area contributed by atoms with Gasteiger partial charge in [-0.2, -0.15) is 0 Å². The van der Waals surface area contributed by atoms with Gasteiger partial charge in [0.15, 0.2) is 0 Å². The molecule has 2 heterocycles. The number of nitrogens with one attached hydrogen (secondary N) is 1. The number of carbonyl (C=O) groups is 2. The molecule has 0 aliphatic carbocycles. The molecule has 2 unspecified atom stereocenters. The van der Waals surface area contributed by atoms with Gasteiger partial charge in [-0.1, -0.05) is 173 Å². The number of nitrogens with zero attached hydrogens (tertiary/aromatic N) is 2. The molecular formula is C53H77AlBN3O3. The number of anilines is 1. The summed E-state index contributed by atoms with van der Waals surface area (Å²) in [6, 6.07) is 41.5. The van der Waals surface area contributed by atoms with Crippen LogP contribution >= 0.6 is 0 Å². The number of ether oxygens (including phenoxy) is 1. The quantitative estimate of drug-likeness (QED) is 0.0817. The molecule has 2 aliphatic heterocycles. The first-order chi connectivity index (χ1) is 27.5. The van der Waals surface area contributed by atoms with Crippen molar-refractivity contribution in [3.8, 4) is 0 Å². The summed E-state index contributed by atoms with van der Waals surface area (Å²) < 4.78 is 11.0. The SMILES string of the molecule is C.C.C.C.C=Cc1ccccc1.CC.CCC(CC(C)c1ccccc1)c1ccccc1.CCOCCN1C(=O)c2cccc3c(N4CCCCC4)ccc(c23)C1=O.[B].[NH]=[Al]. The van der Waals surface area contributed by atoms with Crippen molar-refractivity contribution in [2.45, 2.75) is 108 Å². The van der Waals surface area contributed by atoms with Crippen molar-refractivity contribution >= 4 is 58.9 Å². The van der Waals surface area contributed by atoms with Crippen LogP contribution in [0.4, 0.5) is 5.69 Å². The number of rotatable bonds is 11. The molecule has 8 heteroatoms. The first-order valence-electron chi connectivity index (χ1n) is 20.3. The molecule has 0 spiro atoms. The molecule has 4 radical (unpaired) electrons. The fourth-order valence-corrected chi connectivity index (χ4v) is 7.24. The summed E-state index contributed by atoms with van der Waals surface area (Å²) in [5.41, 5.74) is 6.47. The van der Waals surface area contributed by atoms with Gasteiger partial charge in [0.2, 0.25) is 0 Å². The summed E-state index contributed by atoms with van der Waals surface area (Å²) in [5, 5.41) is 1.81. The van der Waals surface area contributed by atoms with E-state index in [1.165, 1.54) is 53.7 Å². The van der Waals surface area contributed by atoms with E-state index in [0.717, 1.165) is 29.5 Å². The zero-order valence-corrected chi connectivity index (χ0v) is 36.0. The monoisotopic (exact) mass is 842 g/mol. The zero-order valence-electron chi connectivity index (χ0n) is 34.8. The molecule has 0 aromatic heterocycles. The normalized spacial score (nSPS) is 12.8. The van der Waals surface area contributed by atoms with Crippen molar-refractivity contribution in [1.82, 2.24) is 4.90 Å². The number of hydrogen-bond acceptors (Lipinski definition) is 5. The van der Waals surface area contributed by atoms with Crippen molar-refractivity contribution in [3.63, 3.8) is 0 Å². The predicted molar refractivity (Wildman–Crippen MR) is 270 cm³/mol. The Morgan fingerprint density at radius 2 is 1.21 bits per heavy atom. The van der Waals surface area contributed by atoms with Crippen LogP contribution in [0.5, 0.6) is 0 Å². The van der Waals surface area contributed by atoms with Gasteiger partial charge in [0.1, 0.15) is 0 Å². The zero-order chi connectivity index (χ0) is 40.7. The number of hydrogen-bond donors (Lipinski definition) is 1. The molecule has 6 nitrogen and oxygen atoms in total. The van der Waals surface area contributed by atoms with E-state index < -0.39 is 0 Å². The molecule has 2 aliphatic rings. The predicted octanol–water partition coefficient (Wildman–Crippen LogP) is 14.3. The van der Waals surface area contributed by atoms with Crippen LogP contribution in [0.1, 0.15) is 146 Å². The Balaban J connectivity index is -0.000000844. The summed E-state index contributed by atoms with van der Waals surface area (Å²) in [4.78, 5) is 29.6. The van der Waals surface area contributed by atoms with Crippen LogP contribution in [0.3, 0.4) is 0 Å². The van der Waals surface area contributed by atoms with Crippen LogP contribution in [0.15, 0.2) is 128 Å². The maximum atomic E-state index is 12.9. The number of benzene rings is 5. The molecule has 7 rings (SSSR count). The van der Waals surface area contributed by atoms with E-state index in [-0.39, 0.29) is 56.5 Å². The van der Waals surface area contributed by atoms with E-state index >= 15 is 0 Å². The fourth-order valence-electron chi connectivity index (χ4n) is 7.24. The van der Waals surface area contributed by atoms with Crippen LogP contribution in [0.2, 0.25) is 0 Å². The molecule has 0 saturated carbocycles. The van der Waals surface area contributed by atoms with Crippen molar-refractivity contribution in [2.24, 2.45) is 0 Å². The van der Waals surface area contributed by atoms with Crippen LogP contribution < -0.4 is 4.90 Å². The molecule has 2 amide bonds. The Morgan fingerprint density at radius 3 is 1.70 bits per heavy atom. The van der Waals surface area contributed by atoms with Crippen LogP contribution in [-0.4, -0.2) is 74.1 Å². The fraction of sp³-hybridized carbons (Fsp3) is 0.396. The molecule has 5 aromatic carbocycles. The number of imide groups is 1. The van der Waals surface area contributed by atoms with Gasteiger partial charge in [0.25, 0.3) is 11.8 Å². The summed E-state index contributed by atoms with van der Waals surface area (Å²) in [6.45, 7) is 17.4. The van der Waals surface area contributed by atoms with Crippen LogP contribution in [0, 0.1) is 4.35 Å². The summed E-state index contributed by atoms with van der Waals surface area (Å²) in [7, 11) is 0. The maximum absolute atomic E-state index is 12.9. The molecule has 1 fully saturated rings. The van der Waals surface area contributed by atoms with Gasteiger partial charge in [-0.05, 0) is 85.8 Å². The van der Waals surface area contributed by atoms with Gasteiger partial charge < -0.3 is 9.64 Å². The van der Waals surface area contributed by atoms with Gasteiger partial charge in [-0.15, -0.1) is 0 Å². The van der Waals surface area contributed by atoms with E-state index in [4.69, 9.17) is 9.08 Å². The standard InChI is InChI=1S/C21H24N2O3.C18H22.C8H8.C2H6.4CH4.Al.B.HN/c1-2-26-14-13-23-20(24)16-8-6-7-15-18(22-11-4-3-5-12-22)10-9-17(19(15)16)21(23)25;1-3-16(18-12-8-5-9-13-18)14-15(2)17-10-6-4-7-11-17;1-2-8-6-4-3-5-7-8;1-2;;;;;;;/h6-10H,2-5,11-14H2,1H3;4-13,15-16H,3,14H2,1-2H3;2-7H,1H2;1-2H3;4*1H4;;;1H. The number of piperidine rings is 1. The minimum atomic E-state index is -0.219. The summed E-state index contributed by atoms with van der Waals surface area (Å²) in [6.07, 6.45) is 7.91. The Bertz CT molecular complexity index is 1880. The molecule has 5 aromatic rings. The first-order valence-corrected chi connectivity index (χ1v) is 20.8. The Hall–Kier alpha value is -4.60. The topological polar surface area (TPSA) is 73.7 Å². The third-order valence-corrected chi connectivity index (χ3v) is 10.1. The Morgan fingerprint density at radius 1 is 0.705 bits per heavy atom. The van der Waals surface area contributed by atoms with Crippen LogP contribution in [0.25, 0.3) is 16.8 Å². The minimum absolute atomic E-state index is 0. The van der Waals surface area contributed by atoms with Gasteiger partial charge in [-0.3, -0.25) is 14.5 Å². The van der Waals surface area contributed by atoms with Crippen molar-refractivity contribution in [2.75, 3.05) is 37.7 Å². The molecule has 0 bridgehead atoms. The van der Waals surface area contributed by atoms with Crippen LogP contribution in [-0.2, 0) is 4.74 Å². The molecule has 1 N–H and O–H groups in total. The first kappa shape index (κ1) is 60.7. The van der Waals surface area contributed by atoms with Gasteiger partial charge >= 0.3 is 20.4 Å². The number of carbonyl (C=O) groups excluding carboxylic acids is 2. The second-order valence-electron chi connectivity index (χ2n) is 13.5. The van der Waals surface area contributed by atoms with E-state index in [0.29, 0.717) is 36.2 Å². The summed E-state index contributed by atoms with van der Waals surface area (Å²) in [5.74, 6) is 0.852. The van der Waals surface area contributed by atoms with E-state index in [1.807, 2.05) is 87.5 Å². The molecule has 2 atom stereocenters. The Kier molecular flexibility index (Phi) is 33.9. The second-order valence-corrected chi connectivity index (χ2v) is 13.5. The molecular weight excluding hydrogens is 764 g/mol. The molecule has 61 heavy (non-hydrogen) atoms. The molecule has 328 valence electrons. The Labute approximate surface area is 382 Å². The van der Waals surface area contributed by atoms with Gasteiger partial charge in [0, 0.05) is 55.7 Å². The van der Waals surface area contributed by atoms with E-state index in [9.17, 15) is 9.59 Å². The second kappa shape index (κ2) is 34.0. The van der Waals surface area contributed by atoms with E-state index in [1.54, 1.807) is 16.1 Å². The average molecular weight is 842 g/mol. The third kappa shape index (κ3) is 17.4.